The number of carbonyl (C=O) groups is 2. The highest BCUT2D eigenvalue weighted by Crippen LogP contribution is 2.35. The number of halogens is 3. The fraction of sp³-hybridized carbons (Fsp3) is 0.259. The van der Waals surface area contributed by atoms with E-state index in [0.717, 1.165) is 4.31 Å². The maximum atomic E-state index is 13.9. The molecule has 3 aromatic carbocycles. The van der Waals surface area contributed by atoms with E-state index in [2.05, 4.69) is 5.32 Å². The van der Waals surface area contributed by atoms with E-state index >= 15 is 0 Å². The molecule has 3 aromatic rings. The van der Waals surface area contributed by atoms with Crippen LogP contribution >= 0.6 is 34.8 Å². The van der Waals surface area contributed by atoms with Crippen molar-refractivity contribution in [2.75, 3.05) is 24.5 Å². The third kappa shape index (κ3) is 7.36. The Balaban J connectivity index is 2.11. The third-order valence-corrected chi connectivity index (χ3v) is 8.49. The van der Waals surface area contributed by atoms with Crippen LogP contribution < -0.4 is 14.4 Å². The number of rotatable bonds is 11. The number of likely N-dealkylation sites (N-methyl/N-ethyl adjacent to an activating group) is 1. The molecule has 3 rings (SSSR count). The van der Waals surface area contributed by atoms with E-state index in [1.165, 1.54) is 42.3 Å². The van der Waals surface area contributed by atoms with E-state index < -0.39 is 34.4 Å². The number of hydrogen-bond donors (Lipinski definition) is 1. The van der Waals surface area contributed by atoms with Gasteiger partial charge in [0.1, 0.15) is 18.3 Å². The van der Waals surface area contributed by atoms with Crippen LogP contribution in [0.1, 0.15) is 19.4 Å². The van der Waals surface area contributed by atoms with Crippen molar-refractivity contribution in [2.45, 2.75) is 31.3 Å². The van der Waals surface area contributed by atoms with Gasteiger partial charge in [0.05, 0.1) is 17.7 Å². The Hall–Kier alpha value is -2.98. The summed E-state index contributed by atoms with van der Waals surface area (Å²) in [5.41, 5.74) is 0.598. The molecule has 0 aromatic heterocycles. The van der Waals surface area contributed by atoms with Crippen molar-refractivity contribution < 1.29 is 22.7 Å². The molecule has 0 aliphatic rings. The van der Waals surface area contributed by atoms with Crippen molar-refractivity contribution in [1.29, 1.82) is 0 Å². The summed E-state index contributed by atoms with van der Waals surface area (Å²) in [4.78, 5) is 28.0. The molecule has 0 unspecified atom stereocenters. The minimum atomic E-state index is -4.27. The van der Waals surface area contributed by atoms with Crippen LogP contribution in [0.4, 0.5) is 5.69 Å². The van der Waals surface area contributed by atoms with Gasteiger partial charge in [-0.2, -0.15) is 0 Å². The number of amides is 2. The number of anilines is 1. The van der Waals surface area contributed by atoms with Gasteiger partial charge in [-0.1, -0.05) is 59.1 Å². The molecule has 0 aliphatic heterocycles. The second kappa shape index (κ2) is 13.4. The van der Waals surface area contributed by atoms with Crippen LogP contribution in [0.2, 0.25) is 15.1 Å². The van der Waals surface area contributed by atoms with E-state index in [0.29, 0.717) is 22.2 Å². The summed E-state index contributed by atoms with van der Waals surface area (Å²) >= 11 is 18.6. The molecule has 0 saturated heterocycles. The maximum absolute atomic E-state index is 13.9. The minimum absolute atomic E-state index is 0.0381. The average molecular weight is 613 g/mol. The number of benzene rings is 3. The number of nitrogens with zero attached hydrogens (tertiary/aromatic N) is 2. The molecule has 39 heavy (non-hydrogen) atoms. The van der Waals surface area contributed by atoms with Crippen LogP contribution in [-0.4, -0.2) is 51.4 Å². The molecule has 0 saturated carbocycles. The van der Waals surface area contributed by atoms with E-state index in [1.807, 2.05) is 0 Å². The lowest BCUT2D eigenvalue weighted by atomic mass is 10.1. The van der Waals surface area contributed by atoms with Crippen molar-refractivity contribution in [3.05, 3.63) is 87.4 Å². The molecule has 2 amide bonds. The second-order valence-corrected chi connectivity index (χ2v) is 11.6. The molecule has 12 heteroatoms. The van der Waals surface area contributed by atoms with Gasteiger partial charge in [0.2, 0.25) is 11.8 Å². The molecule has 0 aliphatic carbocycles. The van der Waals surface area contributed by atoms with Crippen molar-refractivity contribution in [3.63, 3.8) is 0 Å². The van der Waals surface area contributed by atoms with Crippen molar-refractivity contribution >= 4 is 62.3 Å². The minimum Gasteiger partial charge on any atom is -0.495 e. The van der Waals surface area contributed by atoms with E-state index in [1.54, 1.807) is 50.2 Å². The van der Waals surface area contributed by atoms with Crippen LogP contribution in [0, 0.1) is 0 Å². The average Bonchev–Trinajstić information content (AvgIpc) is 2.91. The summed E-state index contributed by atoms with van der Waals surface area (Å²) in [6, 6.07) is 16.0. The predicted octanol–water partition coefficient (Wildman–Crippen LogP) is 5.40. The SMILES string of the molecule is CCNC(=O)[C@@H](C)N(Cc1ccc(Cl)cc1Cl)C(=O)CN(c1cc(Cl)ccc1OC)S(=O)(=O)c1ccccc1. The van der Waals surface area contributed by atoms with Gasteiger partial charge in [0.25, 0.3) is 10.0 Å². The van der Waals surface area contributed by atoms with Gasteiger partial charge < -0.3 is 15.0 Å². The highest BCUT2D eigenvalue weighted by atomic mass is 35.5. The lowest BCUT2D eigenvalue weighted by molar-refractivity contribution is -0.139. The number of sulfonamides is 1. The smallest absolute Gasteiger partial charge is 0.264 e. The lowest BCUT2D eigenvalue weighted by Crippen LogP contribution is -2.51. The fourth-order valence-electron chi connectivity index (χ4n) is 3.83. The summed E-state index contributed by atoms with van der Waals surface area (Å²) < 4.78 is 34.1. The molecule has 1 atom stereocenters. The van der Waals surface area contributed by atoms with Crippen molar-refractivity contribution in [1.82, 2.24) is 10.2 Å². The topological polar surface area (TPSA) is 96.0 Å². The third-order valence-electron chi connectivity index (χ3n) is 5.89. The van der Waals surface area contributed by atoms with Gasteiger partial charge in [-0.15, -0.1) is 0 Å². The summed E-state index contributed by atoms with van der Waals surface area (Å²) in [6.07, 6.45) is 0. The Morgan fingerprint density at radius 1 is 0.974 bits per heavy atom. The Bertz CT molecular complexity index is 1440. The van der Waals surface area contributed by atoms with Crippen molar-refractivity contribution in [2.24, 2.45) is 0 Å². The first-order valence-corrected chi connectivity index (χ1v) is 14.5. The summed E-state index contributed by atoms with van der Waals surface area (Å²) in [7, 11) is -2.89. The van der Waals surface area contributed by atoms with Gasteiger partial charge >= 0.3 is 0 Å². The molecule has 0 heterocycles. The van der Waals surface area contributed by atoms with Gasteiger partial charge in [-0.3, -0.25) is 13.9 Å². The Kier molecular flexibility index (Phi) is 10.5. The van der Waals surface area contributed by atoms with Crippen molar-refractivity contribution in [3.8, 4) is 5.75 Å². The zero-order valence-corrected chi connectivity index (χ0v) is 24.6. The number of methoxy groups -OCH3 is 1. The Labute approximate surface area is 243 Å². The number of hydrogen-bond acceptors (Lipinski definition) is 5. The van der Waals surface area contributed by atoms with Crippen LogP contribution in [0.5, 0.6) is 5.75 Å². The molecule has 208 valence electrons. The number of carbonyl (C=O) groups excluding carboxylic acids is 2. The fourth-order valence-corrected chi connectivity index (χ4v) is 5.90. The van der Waals surface area contributed by atoms with Crippen LogP contribution in [0.25, 0.3) is 0 Å². The van der Waals surface area contributed by atoms with E-state index in [-0.39, 0.29) is 27.9 Å². The van der Waals surface area contributed by atoms with Crippen LogP contribution in [-0.2, 0) is 26.2 Å². The zero-order valence-electron chi connectivity index (χ0n) is 21.5. The highest BCUT2D eigenvalue weighted by Gasteiger charge is 2.34. The molecular weight excluding hydrogens is 585 g/mol. The molecule has 8 nitrogen and oxygen atoms in total. The monoisotopic (exact) mass is 611 g/mol. The van der Waals surface area contributed by atoms with E-state index in [9.17, 15) is 18.0 Å². The van der Waals surface area contributed by atoms with Crippen LogP contribution in [0.3, 0.4) is 0 Å². The standard InChI is InChI=1S/C27H28Cl3N3O5S/c1-4-31-27(35)18(2)32(16-19-10-11-20(28)14-23(19)30)26(34)17-33(24-15-21(29)12-13-25(24)38-3)39(36,37)22-8-6-5-7-9-22/h5-15,18H,4,16-17H2,1-3H3,(H,31,35)/t18-/m1/s1. The highest BCUT2D eigenvalue weighted by molar-refractivity contribution is 7.92. The van der Waals surface area contributed by atoms with Gasteiger partial charge in [-0.05, 0) is 61.9 Å². The quantitative estimate of drug-likeness (QED) is 0.313. The Morgan fingerprint density at radius 3 is 2.23 bits per heavy atom. The summed E-state index contributed by atoms with van der Waals surface area (Å²) in [5, 5.41) is 3.65. The number of ether oxygens (including phenoxy) is 1. The predicted molar refractivity (Wildman–Crippen MR) is 154 cm³/mol. The van der Waals surface area contributed by atoms with Crippen LogP contribution in [0.15, 0.2) is 71.6 Å². The maximum Gasteiger partial charge on any atom is 0.264 e. The lowest BCUT2D eigenvalue weighted by Gasteiger charge is -2.32. The number of nitrogens with one attached hydrogen (secondary N) is 1. The largest absolute Gasteiger partial charge is 0.495 e. The van der Waals surface area contributed by atoms with Gasteiger partial charge in [0.15, 0.2) is 0 Å². The van der Waals surface area contributed by atoms with Gasteiger partial charge in [0, 0.05) is 28.2 Å². The summed E-state index contributed by atoms with van der Waals surface area (Å²) in [5.74, 6) is -0.870. The molecule has 0 radical (unpaired) electrons. The molecule has 0 fully saturated rings. The second-order valence-electron chi connectivity index (χ2n) is 8.47. The Morgan fingerprint density at radius 2 is 1.62 bits per heavy atom. The zero-order chi connectivity index (χ0) is 28.7. The van der Waals surface area contributed by atoms with E-state index in [4.69, 9.17) is 39.5 Å². The summed E-state index contributed by atoms with van der Waals surface area (Å²) in [6.45, 7) is 2.94. The first-order chi connectivity index (χ1) is 18.5. The normalized spacial score (nSPS) is 11.9. The first-order valence-electron chi connectivity index (χ1n) is 11.9. The molecule has 1 N–H and O–H groups in total. The molecule has 0 spiro atoms. The first kappa shape index (κ1) is 30.6. The van der Waals surface area contributed by atoms with Gasteiger partial charge in [-0.25, -0.2) is 8.42 Å². The molecular formula is C27H28Cl3N3O5S. The molecule has 0 bridgehead atoms.